The fourth-order valence-corrected chi connectivity index (χ4v) is 2.04. The molecular weight excluding hydrogens is 360 g/mol. The van der Waals surface area contributed by atoms with Crippen molar-refractivity contribution < 1.29 is 43.9 Å². The van der Waals surface area contributed by atoms with Gasteiger partial charge in [0.25, 0.3) is 0 Å². The number of aliphatic hydroxyl groups excluding tert-OH is 2. The number of carboxylic acid groups (broad SMARTS) is 1. The number of aliphatic hydroxyl groups is 2. The summed E-state index contributed by atoms with van der Waals surface area (Å²) in [6, 6.07) is 8.07. The quantitative estimate of drug-likeness (QED) is 0.300. The van der Waals surface area contributed by atoms with Gasteiger partial charge < -0.3 is 34.3 Å². The first-order valence-corrected chi connectivity index (χ1v) is 8.43. The van der Waals surface area contributed by atoms with Gasteiger partial charge >= 0.3 is 11.9 Å². The number of aliphatic carboxylic acids is 1. The maximum absolute atomic E-state index is 11.9. The number of ether oxygens (including phenoxy) is 4. The van der Waals surface area contributed by atoms with Crippen LogP contribution in [0.15, 0.2) is 30.3 Å². The minimum Gasteiger partial charge on any atom is -0.479 e. The van der Waals surface area contributed by atoms with E-state index in [1.165, 1.54) is 19.2 Å². The summed E-state index contributed by atoms with van der Waals surface area (Å²) in [4.78, 5) is 23.1. The van der Waals surface area contributed by atoms with Gasteiger partial charge in [-0.1, -0.05) is 18.2 Å². The second-order valence-corrected chi connectivity index (χ2v) is 5.76. The smallest absolute Gasteiger partial charge is 0.345 e. The van der Waals surface area contributed by atoms with Gasteiger partial charge in [0, 0.05) is 13.5 Å². The molecule has 9 nitrogen and oxygen atoms in total. The van der Waals surface area contributed by atoms with Crippen LogP contribution in [0.5, 0.6) is 0 Å². The van der Waals surface area contributed by atoms with Crippen LogP contribution in [0.2, 0.25) is 0 Å². The Labute approximate surface area is 157 Å². The molecule has 0 aliphatic carbocycles. The topological polar surface area (TPSA) is 132 Å². The highest BCUT2D eigenvalue weighted by Crippen LogP contribution is 2.07. The predicted octanol–water partition coefficient (Wildman–Crippen LogP) is 0.0881. The molecule has 0 aliphatic rings. The maximum atomic E-state index is 11.9. The van der Waals surface area contributed by atoms with E-state index in [1.54, 1.807) is 18.2 Å². The maximum Gasteiger partial charge on any atom is 0.345 e. The zero-order chi connectivity index (χ0) is 20.1. The second kappa shape index (κ2) is 13.2. The molecular formula is C18H26O9. The summed E-state index contributed by atoms with van der Waals surface area (Å²) in [5, 5.41) is 28.2. The van der Waals surface area contributed by atoms with Crippen molar-refractivity contribution >= 4 is 11.9 Å². The summed E-state index contributed by atoms with van der Waals surface area (Å²) in [5.74, 6) is -2.01. The lowest BCUT2D eigenvalue weighted by atomic mass is 10.2. The molecule has 0 saturated carbocycles. The Morgan fingerprint density at radius 1 is 0.963 bits per heavy atom. The number of carbonyl (C=O) groups is 2. The molecule has 0 aromatic heterocycles. The van der Waals surface area contributed by atoms with E-state index in [1.807, 2.05) is 0 Å². The lowest BCUT2D eigenvalue weighted by molar-refractivity contribution is -0.148. The van der Waals surface area contributed by atoms with Gasteiger partial charge in [0.05, 0.1) is 38.6 Å². The number of rotatable bonds is 14. The summed E-state index contributed by atoms with van der Waals surface area (Å²) in [7, 11) is 1.45. The highest BCUT2D eigenvalue weighted by Gasteiger charge is 2.23. The minimum absolute atomic E-state index is 0.0153. The normalized spacial score (nSPS) is 14.3. The van der Waals surface area contributed by atoms with Crippen molar-refractivity contribution in [3.8, 4) is 0 Å². The number of esters is 1. The minimum atomic E-state index is -1.35. The van der Waals surface area contributed by atoms with Crippen LogP contribution >= 0.6 is 0 Å². The summed E-state index contributed by atoms with van der Waals surface area (Å²) in [6.07, 6.45) is -3.13. The third-order valence-electron chi connectivity index (χ3n) is 3.35. The molecule has 1 aromatic carbocycles. The van der Waals surface area contributed by atoms with Crippen molar-refractivity contribution in [1.82, 2.24) is 0 Å². The van der Waals surface area contributed by atoms with Crippen molar-refractivity contribution in [3.63, 3.8) is 0 Å². The molecule has 3 N–H and O–H groups in total. The fraction of sp³-hybridized carbons (Fsp3) is 0.556. The highest BCUT2D eigenvalue weighted by molar-refractivity contribution is 5.91. The van der Waals surface area contributed by atoms with Crippen LogP contribution in [0.3, 0.4) is 0 Å². The van der Waals surface area contributed by atoms with Crippen LogP contribution in [0.1, 0.15) is 16.8 Å². The van der Waals surface area contributed by atoms with E-state index in [4.69, 9.17) is 24.1 Å². The summed E-state index contributed by atoms with van der Waals surface area (Å²) >= 11 is 0. The molecule has 1 rings (SSSR count). The van der Waals surface area contributed by atoms with Crippen LogP contribution in [-0.4, -0.2) is 85.7 Å². The SMILES string of the molecule is COCC(O)COCC(O)COCCC(OC(=O)c1ccccc1)C(=O)O. The lowest BCUT2D eigenvalue weighted by Crippen LogP contribution is -2.30. The van der Waals surface area contributed by atoms with Crippen molar-refractivity contribution in [2.45, 2.75) is 24.7 Å². The molecule has 0 spiro atoms. The third kappa shape index (κ3) is 10.0. The average molecular weight is 386 g/mol. The van der Waals surface area contributed by atoms with Crippen molar-refractivity contribution in [2.24, 2.45) is 0 Å². The number of benzene rings is 1. The molecule has 0 amide bonds. The largest absolute Gasteiger partial charge is 0.479 e. The van der Waals surface area contributed by atoms with Gasteiger partial charge in [-0.2, -0.15) is 0 Å². The van der Waals surface area contributed by atoms with Gasteiger partial charge in [-0.25, -0.2) is 9.59 Å². The van der Waals surface area contributed by atoms with Gasteiger partial charge in [0.15, 0.2) is 0 Å². The molecule has 9 heteroatoms. The molecule has 0 radical (unpaired) electrons. The van der Waals surface area contributed by atoms with E-state index in [2.05, 4.69) is 0 Å². The Bertz CT molecular complexity index is 549. The van der Waals surface area contributed by atoms with E-state index < -0.39 is 30.3 Å². The highest BCUT2D eigenvalue weighted by atomic mass is 16.6. The predicted molar refractivity (Wildman–Crippen MR) is 93.4 cm³/mol. The molecule has 3 atom stereocenters. The zero-order valence-electron chi connectivity index (χ0n) is 15.2. The molecule has 0 fully saturated rings. The number of carbonyl (C=O) groups excluding carboxylic acids is 1. The van der Waals surface area contributed by atoms with Gasteiger partial charge in [0.1, 0.15) is 12.2 Å². The monoisotopic (exact) mass is 386 g/mol. The Hall–Kier alpha value is -2.04. The molecule has 3 unspecified atom stereocenters. The standard InChI is InChI=1S/C18H26O9/c1-24-9-14(19)11-26-12-15(20)10-25-8-7-16(17(21)22)27-18(23)13-5-3-2-4-6-13/h2-6,14-16,19-20H,7-12H2,1H3,(H,21,22). The molecule has 0 saturated heterocycles. The second-order valence-electron chi connectivity index (χ2n) is 5.76. The molecule has 152 valence electrons. The first-order valence-electron chi connectivity index (χ1n) is 8.43. The third-order valence-corrected chi connectivity index (χ3v) is 3.35. The number of methoxy groups -OCH3 is 1. The molecule has 0 bridgehead atoms. The number of hydrogen-bond acceptors (Lipinski definition) is 8. The Morgan fingerprint density at radius 2 is 1.56 bits per heavy atom. The Morgan fingerprint density at radius 3 is 2.15 bits per heavy atom. The van der Waals surface area contributed by atoms with Crippen molar-refractivity contribution in [2.75, 3.05) is 40.1 Å². The average Bonchev–Trinajstić information content (AvgIpc) is 2.64. The first kappa shape index (κ1) is 23.0. The molecule has 0 heterocycles. The van der Waals surface area contributed by atoms with Crippen LogP contribution in [0.25, 0.3) is 0 Å². The fourth-order valence-electron chi connectivity index (χ4n) is 2.04. The van der Waals surface area contributed by atoms with Gasteiger partial charge in [-0.3, -0.25) is 0 Å². The molecule has 0 aliphatic heterocycles. The number of carboxylic acids is 1. The number of hydrogen-bond donors (Lipinski definition) is 3. The van der Waals surface area contributed by atoms with Crippen LogP contribution in [0, 0.1) is 0 Å². The Kier molecular flexibility index (Phi) is 11.2. The van der Waals surface area contributed by atoms with Crippen LogP contribution in [-0.2, 0) is 23.7 Å². The van der Waals surface area contributed by atoms with E-state index in [9.17, 15) is 19.8 Å². The van der Waals surface area contributed by atoms with Gasteiger partial charge in [0.2, 0.25) is 6.10 Å². The Balaban J connectivity index is 2.25. The molecule has 1 aromatic rings. The van der Waals surface area contributed by atoms with E-state index >= 15 is 0 Å². The van der Waals surface area contributed by atoms with Crippen molar-refractivity contribution in [3.05, 3.63) is 35.9 Å². The van der Waals surface area contributed by atoms with E-state index in [0.717, 1.165) is 0 Å². The first-order chi connectivity index (χ1) is 12.9. The summed E-state index contributed by atoms with van der Waals surface area (Å²) < 4.78 is 20.0. The van der Waals surface area contributed by atoms with E-state index in [0.29, 0.717) is 0 Å². The summed E-state index contributed by atoms with van der Waals surface area (Å²) in [5.41, 5.74) is 0.257. The molecule has 27 heavy (non-hydrogen) atoms. The van der Waals surface area contributed by atoms with Crippen molar-refractivity contribution in [1.29, 1.82) is 0 Å². The summed E-state index contributed by atoms with van der Waals surface area (Å²) in [6.45, 7) is -0.0137. The van der Waals surface area contributed by atoms with Gasteiger partial charge in [-0.15, -0.1) is 0 Å². The van der Waals surface area contributed by atoms with Crippen LogP contribution in [0.4, 0.5) is 0 Å². The lowest BCUT2D eigenvalue weighted by Gasteiger charge is -2.16. The van der Waals surface area contributed by atoms with E-state index in [-0.39, 0.29) is 45.0 Å². The van der Waals surface area contributed by atoms with Gasteiger partial charge in [-0.05, 0) is 12.1 Å². The van der Waals surface area contributed by atoms with Crippen LogP contribution < -0.4 is 0 Å². The zero-order valence-corrected chi connectivity index (χ0v) is 15.2.